The van der Waals surface area contributed by atoms with E-state index in [1.54, 1.807) is 14.0 Å². The van der Waals surface area contributed by atoms with Crippen LogP contribution in [0, 0.1) is 5.92 Å². The van der Waals surface area contributed by atoms with Crippen molar-refractivity contribution in [3.8, 4) is 5.75 Å². The van der Waals surface area contributed by atoms with Crippen molar-refractivity contribution < 1.29 is 9.53 Å². The molecule has 162 valence electrons. The summed E-state index contributed by atoms with van der Waals surface area (Å²) < 4.78 is 5.36. The van der Waals surface area contributed by atoms with Crippen LogP contribution in [0.1, 0.15) is 45.1 Å². The van der Waals surface area contributed by atoms with Crippen LogP contribution in [0.25, 0.3) is 0 Å². The summed E-state index contributed by atoms with van der Waals surface area (Å²) in [7, 11) is 1.73. The van der Waals surface area contributed by atoms with Gasteiger partial charge >= 0.3 is 0 Å². The van der Waals surface area contributed by atoms with Crippen molar-refractivity contribution in [1.29, 1.82) is 0 Å². The Bertz CT molecular complexity index is 643. The third kappa shape index (κ3) is 6.45. The summed E-state index contributed by atoms with van der Waals surface area (Å²) in [6, 6.07) is 9.11. The molecule has 1 aromatic rings. The number of methoxy groups -OCH3 is 1. The van der Waals surface area contributed by atoms with Gasteiger partial charge in [0, 0.05) is 45.7 Å². The second kappa shape index (κ2) is 11.0. The summed E-state index contributed by atoms with van der Waals surface area (Å²) in [5.41, 5.74) is 1.36. The summed E-state index contributed by atoms with van der Waals surface area (Å²) >= 11 is 0. The molecule has 5 heteroatoms. The fraction of sp³-hybridized carbons (Fsp3) is 0.708. The van der Waals surface area contributed by atoms with Crippen molar-refractivity contribution >= 4 is 5.91 Å². The SMILES string of the molecule is CCN(C[C@@H]1CCCN(CCc2cccc(OC)c2)C1)C1CCN(C(C)=O)CC1. The second-order valence-electron chi connectivity index (χ2n) is 8.74. The maximum atomic E-state index is 11.6. The first kappa shape index (κ1) is 22.1. The molecule has 1 aromatic carbocycles. The predicted molar refractivity (Wildman–Crippen MR) is 118 cm³/mol. The van der Waals surface area contributed by atoms with Crippen LogP contribution in [-0.2, 0) is 11.2 Å². The number of ether oxygens (including phenoxy) is 1. The van der Waals surface area contributed by atoms with Gasteiger partial charge in [0.25, 0.3) is 0 Å². The summed E-state index contributed by atoms with van der Waals surface area (Å²) in [6.07, 6.45) is 5.99. The van der Waals surface area contributed by atoms with Gasteiger partial charge in [-0.2, -0.15) is 0 Å². The van der Waals surface area contributed by atoms with Crippen molar-refractivity contribution in [2.45, 2.75) is 52.0 Å². The highest BCUT2D eigenvalue weighted by Crippen LogP contribution is 2.23. The maximum absolute atomic E-state index is 11.6. The summed E-state index contributed by atoms with van der Waals surface area (Å²) in [5.74, 6) is 1.94. The number of benzene rings is 1. The Labute approximate surface area is 177 Å². The first-order chi connectivity index (χ1) is 14.1. The molecule has 0 saturated carbocycles. The molecule has 1 amide bonds. The van der Waals surface area contributed by atoms with E-state index in [1.165, 1.54) is 38.0 Å². The number of carbonyl (C=O) groups excluding carboxylic acids is 1. The topological polar surface area (TPSA) is 36.0 Å². The Morgan fingerprint density at radius 1 is 1.21 bits per heavy atom. The van der Waals surface area contributed by atoms with Gasteiger partial charge in [-0.1, -0.05) is 19.1 Å². The van der Waals surface area contributed by atoms with Crippen LogP contribution in [0.2, 0.25) is 0 Å². The standard InChI is InChI=1S/C24H39N3O2/c1-4-26(23-11-15-27(16-12-23)20(2)28)19-22-8-6-13-25(18-22)14-10-21-7-5-9-24(17-21)29-3/h5,7,9,17,22-23H,4,6,8,10-16,18-19H2,1-3H3/t22-/m1/s1. The third-order valence-corrected chi connectivity index (χ3v) is 6.78. The molecule has 2 heterocycles. The van der Waals surface area contributed by atoms with E-state index in [-0.39, 0.29) is 5.91 Å². The van der Waals surface area contributed by atoms with E-state index >= 15 is 0 Å². The molecule has 0 N–H and O–H groups in total. The van der Waals surface area contributed by atoms with E-state index in [0.29, 0.717) is 6.04 Å². The number of nitrogens with zero attached hydrogens (tertiary/aromatic N) is 3. The van der Waals surface area contributed by atoms with E-state index < -0.39 is 0 Å². The molecule has 2 saturated heterocycles. The quantitative estimate of drug-likeness (QED) is 0.670. The number of hydrogen-bond acceptors (Lipinski definition) is 4. The highest BCUT2D eigenvalue weighted by molar-refractivity contribution is 5.73. The molecular formula is C24H39N3O2. The number of amides is 1. The lowest BCUT2D eigenvalue weighted by Crippen LogP contribution is -2.49. The fourth-order valence-electron chi connectivity index (χ4n) is 5.03. The van der Waals surface area contributed by atoms with Crippen molar-refractivity contribution in [3.05, 3.63) is 29.8 Å². The molecule has 5 nitrogen and oxygen atoms in total. The first-order valence-corrected chi connectivity index (χ1v) is 11.4. The van der Waals surface area contributed by atoms with Gasteiger partial charge in [0.05, 0.1) is 7.11 Å². The lowest BCUT2D eigenvalue weighted by molar-refractivity contribution is -0.130. The van der Waals surface area contributed by atoms with Crippen LogP contribution in [0.3, 0.4) is 0 Å². The number of carbonyl (C=O) groups is 1. The molecule has 0 spiro atoms. The summed E-state index contributed by atoms with van der Waals surface area (Å²) in [4.78, 5) is 18.9. The Morgan fingerprint density at radius 3 is 2.69 bits per heavy atom. The van der Waals surface area contributed by atoms with Crippen LogP contribution in [0.15, 0.2) is 24.3 Å². The van der Waals surface area contributed by atoms with E-state index in [1.807, 2.05) is 11.0 Å². The number of piperidine rings is 2. The van der Waals surface area contributed by atoms with E-state index in [9.17, 15) is 4.79 Å². The van der Waals surface area contributed by atoms with Crippen molar-refractivity contribution in [2.75, 3.05) is 52.9 Å². The number of rotatable bonds is 8. The first-order valence-electron chi connectivity index (χ1n) is 11.4. The van der Waals surface area contributed by atoms with E-state index in [4.69, 9.17) is 4.74 Å². The summed E-state index contributed by atoms with van der Waals surface area (Å²) in [5, 5.41) is 0. The van der Waals surface area contributed by atoms with Gasteiger partial charge in [-0.25, -0.2) is 0 Å². The Kier molecular flexibility index (Phi) is 8.37. The van der Waals surface area contributed by atoms with Crippen molar-refractivity contribution in [3.63, 3.8) is 0 Å². The molecule has 3 rings (SSSR count). The van der Waals surface area contributed by atoms with Crippen LogP contribution >= 0.6 is 0 Å². The fourth-order valence-corrected chi connectivity index (χ4v) is 5.03. The molecular weight excluding hydrogens is 362 g/mol. The zero-order valence-electron chi connectivity index (χ0n) is 18.6. The zero-order valence-corrected chi connectivity index (χ0v) is 18.6. The lowest BCUT2D eigenvalue weighted by Gasteiger charge is -2.41. The monoisotopic (exact) mass is 401 g/mol. The Morgan fingerprint density at radius 2 is 2.00 bits per heavy atom. The molecule has 0 aliphatic carbocycles. The van der Waals surface area contributed by atoms with Gasteiger partial charge in [0.1, 0.15) is 5.75 Å². The zero-order chi connectivity index (χ0) is 20.6. The highest BCUT2D eigenvalue weighted by atomic mass is 16.5. The maximum Gasteiger partial charge on any atom is 0.219 e. The highest BCUT2D eigenvalue weighted by Gasteiger charge is 2.28. The number of hydrogen-bond donors (Lipinski definition) is 0. The largest absolute Gasteiger partial charge is 0.497 e. The third-order valence-electron chi connectivity index (χ3n) is 6.78. The van der Waals surface area contributed by atoms with Gasteiger partial charge < -0.3 is 19.4 Å². The smallest absolute Gasteiger partial charge is 0.219 e. The lowest BCUT2D eigenvalue weighted by atomic mass is 9.94. The van der Waals surface area contributed by atoms with Crippen LogP contribution in [-0.4, -0.2) is 79.6 Å². The van der Waals surface area contributed by atoms with Crippen LogP contribution in [0.4, 0.5) is 0 Å². The molecule has 2 aliphatic heterocycles. The molecule has 2 fully saturated rings. The molecule has 29 heavy (non-hydrogen) atoms. The van der Waals surface area contributed by atoms with Crippen LogP contribution < -0.4 is 4.74 Å². The van der Waals surface area contributed by atoms with Gasteiger partial charge in [0.15, 0.2) is 0 Å². The van der Waals surface area contributed by atoms with E-state index in [2.05, 4.69) is 34.9 Å². The molecule has 0 bridgehead atoms. The second-order valence-corrected chi connectivity index (χ2v) is 8.74. The van der Waals surface area contributed by atoms with Crippen LogP contribution in [0.5, 0.6) is 5.75 Å². The van der Waals surface area contributed by atoms with Crippen molar-refractivity contribution in [2.24, 2.45) is 5.92 Å². The minimum Gasteiger partial charge on any atom is -0.497 e. The van der Waals surface area contributed by atoms with Gasteiger partial charge in [-0.3, -0.25) is 4.79 Å². The number of likely N-dealkylation sites (tertiary alicyclic amines) is 2. The molecule has 0 aromatic heterocycles. The molecule has 1 atom stereocenters. The average molecular weight is 402 g/mol. The Balaban J connectivity index is 1.46. The normalized spacial score (nSPS) is 21.5. The predicted octanol–water partition coefficient (Wildman–Crippen LogP) is 3.28. The summed E-state index contributed by atoms with van der Waals surface area (Å²) in [6.45, 7) is 11.7. The van der Waals surface area contributed by atoms with Gasteiger partial charge in [-0.05, 0) is 68.8 Å². The van der Waals surface area contributed by atoms with Gasteiger partial charge in [0.2, 0.25) is 5.91 Å². The average Bonchev–Trinajstić information content (AvgIpc) is 2.76. The van der Waals surface area contributed by atoms with Crippen molar-refractivity contribution in [1.82, 2.24) is 14.7 Å². The van der Waals surface area contributed by atoms with Gasteiger partial charge in [-0.15, -0.1) is 0 Å². The minimum atomic E-state index is 0.227. The Hall–Kier alpha value is -1.59. The molecule has 0 unspecified atom stereocenters. The molecule has 2 aliphatic rings. The van der Waals surface area contributed by atoms with E-state index in [0.717, 1.165) is 57.1 Å². The minimum absolute atomic E-state index is 0.227. The molecule has 0 radical (unpaired) electrons.